The molecule has 3 aromatic rings. The van der Waals surface area contributed by atoms with Crippen molar-refractivity contribution in [1.82, 2.24) is 4.98 Å². The van der Waals surface area contributed by atoms with Crippen LogP contribution in [0, 0.1) is 11.3 Å². The molecule has 0 aliphatic heterocycles. The van der Waals surface area contributed by atoms with E-state index in [1.54, 1.807) is 29.8 Å². The second-order valence-corrected chi connectivity index (χ2v) is 8.38. The molecule has 0 saturated carbocycles. The van der Waals surface area contributed by atoms with Gasteiger partial charge in [-0.05, 0) is 47.4 Å². The zero-order chi connectivity index (χ0) is 24.5. The highest BCUT2D eigenvalue weighted by molar-refractivity contribution is 7.13. The van der Waals surface area contributed by atoms with Gasteiger partial charge in [0.05, 0.1) is 7.11 Å². The average Bonchev–Trinajstić information content (AvgIpc) is 3.34. The zero-order valence-corrected chi connectivity index (χ0v) is 19.8. The lowest BCUT2D eigenvalue weighted by molar-refractivity contribution is -0.118. The molecular weight excluding hydrogens is 452 g/mol. The number of rotatable bonds is 9. The van der Waals surface area contributed by atoms with E-state index in [1.807, 2.05) is 30.3 Å². The Morgan fingerprint density at radius 1 is 1.15 bits per heavy atom. The Labute approximate surface area is 201 Å². The number of ether oxygens (including phenoxy) is 2. The van der Waals surface area contributed by atoms with Gasteiger partial charge in [0, 0.05) is 17.3 Å². The molecule has 0 saturated heterocycles. The van der Waals surface area contributed by atoms with Gasteiger partial charge in [-0.3, -0.25) is 14.9 Å². The molecule has 34 heavy (non-hydrogen) atoms. The fourth-order valence-corrected chi connectivity index (χ4v) is 3.49. The molecule has 3 rings (SSSR count). The first-order valence-corrected chi connectivity index (χ1v) is 11.3. The van der Waals surface area contributed by atoms with Crippen molar-refractivity contribution in [2.75, 3.05) is 24.4 Å². The van der Waals surface area contributed by atoms with Crippen LogP contribution >= 0.6 is 11.3 Å². The van der Waals surface area contributed by atoms with E-state index in [2.05, 4.69) is 29.5 Å². The standard InChI is InChI=1S/C25H24N4O4S/c1-16(2)18-5-7-20(8-6-18)28-24(31)19(14-26)12-17-4-9-21(22(13-17)32-3)33-15-23(30)29-25-27-10-11-34-25/h4-13,16H,15H2,1-3H3,(H,28,31)(H,27,29,30). The van der Waals surface area contributed by atoms with Gasteiger partial charge >= 0.3 is 0 Å². The van der Waals surface area contributed by atoms with E-state index in [-0.39, 0.29) is 18.1 Å². The van der Waals surface area contributed by atoms with Crippen molar-refractivity contribution in [1.29, 1.82) is 5.26 Å². The molecule has 0 fully saturated rings. The first-order valence-electron chi connectivity index (χ1n) is 10.4. The largest absolute Gasteiger partial charge is 0.493 e. The van der Waals surface area contributed by atoms with Crippen LogP contribution in [0.5, 0.6) is 11.5 Å². The molecule has 0 spiro atoms. The molecular formula is C25H24N4O4S. The van der Waals surface area contributed by atoms with Crippen molar-refractivity contribution in [2.24, 2.45) is 0 Å². The molecule has 0 bridgehead atoms. The quantitative estimate of drug-likeness (QED) is 0.338. The number of anilines is 2. The molecule has 1 aromatic heterocycles. The van der Waals surface area contributed by atoms with E-state index >= 15 is 0 Å². The molecule has 2 aromatic carbocycles. The van der Waals surface area contributed by atoms with Crippen molar-refractivity contribution < 1.29 is 19.1 Å². The molecule has 8 nitrogen and oxygen atoms in total. The lowest BCUT2D eigenvalue weighted by Crippen LogP contribution is -2.20. The minimum Gasteiger partial charge on any atom is -0.493 e. The van der Waals surface area contributed by atoms with Gasteiger partial charge in [-0.2, -0.15) is 5.26 Å². The number of carbonyl (C=O) groups excluding carboxylic acids is 2. The Hall–Kier alpha value is -4.16. The average molecular weight is 477 g/mol. The summed E-state index contributed by atoms with van der Waals surface area (Å²) in [6.45, 7) is 3.95. The maximum Gasteiger partial charge on any atom is 0.266 e. The van der Waals surface area contributed by atoms with Gasteiger partial charge in [0.25, 0.3) is 11.8 Å². The van der Waals surface area contributed by atoms with Gasteiger partial charge in [0.1, 0.15) is 11.6 Å². The van der Waals surface area contributed by atoms with E-state index in [0.717, 1.165) is 5.56 Å². The van der Waals surface area contributed by atoms with Crippen LogP contribution in [0.1, 0.15) is 30.9 Å². The number of aromatic nitrogens is 1. The fourth-order valence-electron chi connectivity index (χ4n) is 2.94. The summed E-state index contributed by atoms with van der Waals surface area (Å²) >= 11 is 1.31. The molecule has 9 heteroatoms. The molecule has 0 radical (unpaired) electrons. The summed E-state index contributed by atoms with van der Waals surface area (Å²) in [5.41, 5.74) is 2.27. The molecule has 174 valence electrons. The molecule has 0 unspecified atom stereocenters. The number of hydrogen-bond donors (Lipinski definition) is 2. The Bertz CT molecular complexity index is 1210. The first-order chi connectivity index (χ1) is 16.4. The number of amides is 2. The second-order valence-electron chi connectivity index (χ2n) is 7.49. The van der Waals surface area contributed by atoms with Gasteiger partial charge in [0.15, 0.2) is 23.2 Å². The minimum absolute atomic E-state index is 0.0634. The van der Waals surface area contributed by atoms with Gasteiger partial charge in [-0.25, -0.2) is 4.98 Å². The number of methoxy groups -OCH3 is 1. The highest BCUT2D eigenvalue weighted by Gasteiger charge is 2.13. The van der Waals surface area contributed by atoms with Gasteiger partial charge in [-0.1, -0.05) is 32.0 Å². The van der Waals surface area contributed by atoms with Crippen LogP contribution in [-0.2, 0) is 9.59 Å². The normalized spacial score (nSPS) is 11.0. The van der Waals surface area contributed by atoms with E-state index in [0.29, 0.717) is 33.8 Å². The third-order valence-corrected chi connectivity index (χ3v) is 5.42. The molecule has 1 heterocycles. The number of nitriles is 1. The minimum atomic E-state index is -0.516. The summed E-state index contributed by atoms with van der Waals surface area (Å²) in [4.78, 5) is 28.6. The first kappa shape index (κ1) is 24.5. The number of nitrogens with zero attached hydrogens (tertiary/aromatic N) is 2. The number of nitrogens with one attached hydrogen (secondary N) is 2. The third-order valence-electron chi connectivity index (χ3n) is 4.74. The van der Waals surface area contributed by atoms with E-state index in [4.69, 9.17) is 9.47 Å². The van der Waals surface area contributed by atoms with Gasteiger partial charge in [0.2, 0.25) is 0 Å². The summed E-state index contributed by atoms with van der Waals surface area (Å²) in [7, 11) is 1.46. The van der Waals surface area contributed by atoms with E-state index in [1.165, 1.54) is 24.5 Å². The van der Waals surface area contributed by atoms with Crippen LogP contribution in [0.2, 0.25) is 0 Å². The summed E-state index contributed by atoms with van der Waals surface area (Å²) in [6, 6.07) is 14.3. The topological polar surface area (TPSA) is 113 Å². The number of hydrogen-bond acceptors (Lipinski definition) is 7. The highest BCUT2D eigenvalue weighted by atomic mass is 32.1. The van der Waals surface area contributed by atoms with Crippen LogP contribution in [0.3, 0.4) is 0 Å². The van der Waals surface area contributed by atoms with E-state index < -0.39 is 5.91 Å². The summed E-state index contributed by atoms with van der Waals surface area (Å²) in [5, 5.41) is 17.1. The maximum atomic E-state index is 12.6. The Morgan fingerprint density at radius 3 is 2.53 bits per heavy atom. The van der Waals surface area contributed by atoms with Crippen LogP contribution in [0.4, 0.5) is 10.8 Å². The summed E-state index contributed by atoms with van der Waals surface area (Å²) < 4.78 is 10.9. The SMILES string of the molecule is COc1cc(C=C(C#N)C(=O)Nc2ccc(C(C)C)cc2)ccc1OCC(=O)Nc1nccs1. The van der Waals surface area contributed by atoms with Gasteiger partial charge < -0.3 is 14.8 Å². The molecule has 0 aliphatic rings. The zero-order valence-electron chi connectivity index (χ0n) is 19.0. The van der Waals surface area contributed by atoms with Crippen LogP contribution in [0.25, 0.3) is 6.08 Å². The van der Waals surface area contributed by atoms with Crippen molar-refractivity contribution in [3.63, 3.8) is 0 Å². The predicted molar refractivity (Wildman–Crippen MR) is 132 cm³/mol. The van der Waals surface area contributed by atoms with Crippen molar-refractivity contribution in [3.8, 4) is 17.6 Å². The summed E-state index contributed by atoms with van der Waals surface area (Å²) in [6.07, 6.45) is 3.05. The van der Waals surface area contributed by atoms with Crippen molar-refractivity contribution in [2.45, 2.75) is 19.8 Å². The van der Waals surface area contributed by atoms with Crippen molar-refractivity contribution >= 4 is 40.0 Å². The van der Waals surface area contributed by atoms with Crippen LogP contribution in [-0.4, -0.2) is 30.5 Å². The Balaban J connectivity index is 1.67. The second kappa shape index (κ2) is 11.6. The summed E-state index contributed by atoms with van der Waals surface area (Å²) in [5.74, 6) is 0.220. The smallest absolute Gasteiger partial charge is 0.266 e. The van der Waals surface area contributed by atoms with Gasteiger partial charge in [-0.15, -0.1) is 11.3 Å². The lowest BCUT2D eigenvalue weighted by Gasteiger charge is -2.11. The van der Waals surface area contributed by atoms with E-state index in [9.17, 15) is 14.9 Å². The van der Waals surface area contributed by atoms with Crippen molar-refractivity contribution in [3.05, 3.63) is 70.7 Å². The fraction of sp³-hybridized carbons (Fsp3) is 0.200. The highest BCUT2D eigenvalue weighted by Crippen LogP contribution is 2.29. The number of benzene rings is 2. The number of carbonyl (C=O) groups is 2. The Morgan fingerprint density at radius 2 is 1.91 bits per heavy atom. The number of thiazole rings is 1. The Kier molecular flexibility index (Phi) is 8.37. The molecule has 0 aliphatic carbocycles. The monoisotopic (exact) mass is 476 g/mol. The predicted octanol–water partition coefficient (Wildman–Crippen LogP) is 4.84. The maximum absolute atomic E-state index is 12.6. The third kappa shape index (κ3) is 6.67. The van der Waals surface area contributed by atoms with Crippen LogP contribution in [0.15, 0.2) is 59.6 Å². The molecule has 2 N–H and O–H groups in total. The molecule has 0 atom stereocenters. The lowest BCUT2D eigenvalue weighted by atomic mass is 10.0. The van der Waals surface area contributed by atoms with Crippen LogP contribution < -0.4 is 20.1 Å². The molecule has 2 amide bonds.